The first-order valence-corrected chi connectivity index (χ1v) is 6.65. The van der Waals surface area contributed by atoms with Crippen LogP contribution in [0.25, 0.3) is 22.4 Å². The van der Waals surface area contributed by atoms with Crippen LogP contribution < -0.4 is 0 Å². The highest BCUT2D eigenvalue weighted by Crippen LogP contribution is 2.29. The Hall–Kier alpha value is -2.55. The second-order valence-corrected chi connectivity index (χ2v) is 4.70. The molecule has 1 aromatic heterocycles. The van der Waals surface area contributed by atoms with Gasteiger partial charge in [0.05, 0.1) is 5.69 Å². The summed E-state index contributed by atoms with van der Waals surface area (Å²) in [5, 5.41) is 0. The van der Waals surface area contributed by atoms with Gasteiger partial charge in [0, 0.05) is 5.56 Å². The average Bonchev–Trinajstić information content (AvgIpc) is 2.56. The summed E-state index contributed by atoms with van der Waals surface area (Å²) in [6.07, 6.45) is -2.59. The molecule has 104 valence electrons. The van der Waals surface area contributed by atoms with E-state index in [-0.39, 0.29) is 5.69 Å². The minimum atomic E-state index is -2.59. The van der Waals surface area contributed by atoms with Crippen LogP contribution in [-0.2, 0) is 0 Å². The van der Waals surface area contributed by atoms with Crippen molar-refractivity contribution in [3.8, 4) is 22.4 Å². The normalized spacial score (nSPS) is 10.8. The fourth-order valence-electron chi connectivity index (χ4n) is 2.22. The molecule has 0 spiro atoms. The quantitative estimate of drug-likeness (QED) is 0.630. The average molecular weight is 281 g/mol. The zero-order valence-electron chi connectivity index (χ0n) is 11.2. The molecule has 1 nitrogen and oxygen atoms in total. The summed E-state index contributed by atoms with van der Waals surface area (Å²) in [7, 11) is 0. The Bertz CT molecular complexity index is 667. The lowest BCUT2D eigenvalue weighted by molar-refractivity contribution is 0.146. The van der Waals surface area contributed by atoms with Gasteiger partial charge in [0.25, 0.3) is 6.43 Å². The summed E-state index contributed by atoms with van der Waals surface area (Å²) in [6, 6.07) is 22.1. The highest BCUT2D eigenvalue weighted by Gasteiger charge is 2.13. The summed E-state index contributed by atoms with van der Waals surface area (Å²) >= 11 is 0. The van der Waals surface area contributed by atoms with Crippen molar-refractivity contribution in [1.29, 1.82) is 0 Å². The molecule has 0 aliphatic carbocycles. The van der Waals surface area contributed by atoms with E-state index in [0.29, 0.717) is 5.69 Å². The van der Waals surface area contributed by atoms with Crippen LogP contribution in [0.2, 0.25) is 0 Å². The van der Waals surface area contributed by atoms with E-state index in [1.807, 2.05) is 66.7 Å². The number of pyridine rings is 1. The molecular weight excluding hydrogens is 268 g/mol. The van der Waals surface area contributed by atoms with Crippen LogP contribution in [0.15, 0.2) is 72.8 Å². The molecule has 0 N–H and O–H groups in total. The van der Waals surface area contributed by atoms with Gasteiger partial charge in [-0.1, -0.05) is 60.7 Å². The van der Waals surface area contributed by atoms with Crippen LogP contribution in [0.4, 0.5) is 8.78 Å². The van der Waals surface area contributed by atoms with Gasteiger partial charge in [-0.25, -0.2) is 13.8 Å². The lowest BCUT2D eigenvalue weighted by Crippen LogP contribution is -1.94. The van der Waals surface area contributed by atoms with E-state index in [2.05, 4.69) is 4.98 Å². The third-order valence-electron chi connectivity index (χ3n) is 3.25. The van der Waals surface area contributed by atoms with Gasteiger partial charge in [-0.2, -0.15) is 0 Å². The number of hydrogen-bond donors (Lipinski definition) is 0. The van der Waals surface area contributed by atoms with Crippen molar-refractivity contribution in [1.82, 2.24) is 4.98 Å². The predicted molar refractivity (Wildman–Crippen MR) is 80.1 cm³/mol. The van der Waals surface area contributed by atoms with Crippen LogP contribution in [0.5, 0.6) is 0 Å². The molecule has 0 bridgehead atoms. The Labute approximate surface area is 121 Å². The summed E-state index contributed by atoms with van der Waals surface area (Å²) in [6.45, 7) is 0. The van der Waals surface area contributed by atoms with E-state index < -0.39 is 6.43 Å². The molecule has 3 rings (SSSR count). The van der Waals surface area contributed by atoms with E-state index >= 15 is 0 Å². The summed E-state index contributed by atoms with van der Waals surface area (Å²) in [5.74, 6) is 0. The standard InChI is InChI=1S/C18H13F2N/c19-18(20)17-12-15(13-7-3-1-4-8-13)11-16(21-17)14-9-5-2-6-10-14/h1-12,18H. The Morgan fingerprint density at radius 3 is 1.81 bits per heavy atom. The molecule has 0 atom stereocenters. The highest BCUT2D eigenvalue weighted by molar-refractivity contribution is 5.71. The molecule has 0 aliphatic rings. The van der Waals surface area contributed by atoms with Gasteiger partial charge in [0.15, 0.2) is 0 Å². The van der Waals surface area contributed by atoms with Gasteiger partial charge in [-0.15, -0.1) is 0 Å². The molecule has 0 fully saturated rings. The zero-order chi connectivity index (χ0) is 14.7. The maximum absolute atomic E-state index is 13.1. The second kappa shape index (κ2) is 5.83. The molecule has 0 saturated carbocycles. The SMILES string of the molecule is FC(F)c1cc(-c2ccccc2)cc(-c2ccccc2)n1. The molecule has 0 unspecified atom stereocenters. The van der Waals surface area contributed by atoms with Crippen molar-refractivity contribution >= 4 is 0 Å². The number of rotatable bonds is 3. The van der Waals surface area contributed by atoms with E-state index in [0.717, 1.165) is 16.7 Å². The Balaban J connectivity index is 2.16. The summed E-state index contributed by atoms with van der Waals surface area (Å²) in [4.78, 5) is 4.08. The smallest absolute Gasteiger partial charge is 0.247 e. The molecule has 0 amide bonds. The van der Waals surface area contributed by atoms with E-state index in [9.17, 15) is 8.78 Å². The fourth-order valence-corrected chi connectivity index (χ4v) is 2.22. The van der Waals surface area contributed by atoms with Gasteiger partial charge in [-0.3, -0.25) is 0 Å². The first kappa shape index (κ1) is 13.4. The van der Waals surface area contributed by atoms with E-state index in [1.165, 1.54) is 6.07 Å². The molecule has 0 saturated heterocycles. The number of aromatic nitrogens is 1. The van der Waals surface area contributed by atoms with Crippen molar-refractivity contribution in [2.45, 2.75) is 6.43 Å². The van der Waals surface area contributed by atoms with E-state index in [4.69, 9.17) is 0 Å². The minimum absolute atomic E-state index is 0.199. The van der Waals surface area contributed by atoms with Crippen LogP contribution in [0, 0.1) is 0 Å². The minimum Gasteiger partial charge on any atom is -0.247 e. The van der Waals surface area contributed by atoms with Crippen molar-refractivity contribution in [3.63, 3.8) is 0 Å². The largest absolute Gasteiger partial charge is 0.280 e. The molecule has 3 aromatic rings. The fraction of sp³-hybridized carbons (Fsp3) is 0.0556. The summed E-state index contributed by atoms with van der Waals surface area (Å²) < 4.78 is 26.2. The third kappa shape index (κ3) is 2.97. The molecule has 1 heterocycles. The highest BCUT2D eigenvalue weighted by atomic mass is 19.3. The number of benzene rings is 2. The Morgan fingerprint density at radius 2 is 1.24 bits per heavy atom. The number of nitrogens with zero attached hydrogens (tertiary/aromatic N) is 1. The predicted octanol–water partition coefficient (Wildman–Crippen LogP) is 5.35. The maximum atomic E-state index is 13.1. The third-order valence-corrected chi connectivity index (χ3v) is 3.25. The Kier molecular flexibility index (Phi) is 3.73. The molecule has 0 aliphatic heterocycles. The lowest BCUT2D eigenvalue weighted by atomic mass is 10.0. The zero-order valence-corrected chi connectivity index (χ0v) is 11.2. The second-order valence-electron chi connectivity index (χ2n) is 4.70. The van der Waals surface area contributed by atoms with Crippen LogP contribution in [0.1, 0.15) is 12.1 Å². The van der Waals surface area contributed by atoms with Crippen LogP contribution >= 0.6 is 0 Å². The van der Waals surface area contributed by atoms with Gasteiger partial charge < -0.3 is 0 Å². The maximum Gasteiger partial charge on any atom is 0.280 e. The topological polar surface area (TPSA) is 12.9 Å². The number of halogens is 2. The molecule has 2 aromatic carbocycles. The molecule has 21 heavy (non-hydrogen) atoms. The van der Waals surface area contributed by atoms with E-state index in [1.54, 1.807) is 0 Å². The summed E-state index contributed by atoms with van der Waals surface area (Å²) in [5.41, 5.74) is 2.85. The van der Waals surface area contributed by atoms with Gasteiger partial charge >= 0.3 is 0 Å². The van der Waals surface area contributed by atoms with Gasteiger partial charge in [-0.05, 0) is 23.3 Å². The van der Waals surface area contributed by atoms with Gasteiger partial charge in [0.1, 0.15) is 5.69 Å². The number of hydrogen-bond acceptors (Lipinski definition) is 1. The van der Waals surface area contributed by atoms with Crippen LogP contribution in [0.3, 0.4) is 0 Å². The molecular formula is C18H13F2N. The first-order valence-electron chi connectivity index (χ1n) is 6.65. The van der Waals surface area contributed by atoms with Crippen molar-refractivity contribution in [3.05, 3.63) is 78.5 Å². The molecule has 3 heteroatoms. The first-order chi connectivity index (χ1) is 10.2. The number of alkyl halides is 2. The van der Waals surface area contributed by atoms with Gasteiger partial charge in [0.2, 0.25) is 0 Å². The monoisotopic (exact) mass is 281 g/mol. The van der Waals surface area contributed by atoms with Crippen molar-refractivity contribution in [2.24, 2.45) is 0 Å². The Morgan fingerprint density at radius 1 is 0.667 bits per heavy atom. The van der Waals surface area contributed by atoms with Crippen LogP contribution in [-0.4, -0.2) is 4.98 Å². The lowest BCUT2D eigenvalue weighted by Gasteiger charge is -2.09. The van der Waals surface area contributed by atoms with Crippen molar-refractivity contribution < 1.29 is 8.78 Å². The van der Waals surface area contributed by atoms with Crippen molar-refractivity contribution in [2.75, 3.05) is 0 Å². The molecule has 0 radical (unpaired) electrons.